The Kier molecular flexibility index (Phi) is 12.6. The van der Waals surface area contributed by atoms with Gasteiger partial charge in [0, 0.05) is 79.3 Å². The molecule has 334 valence electrons. The van der Waals surface area contributed by atoms with Gasteiger partial charge >= 0.3 is 11.9 Å². The molecule has 0 amide bonds. The molecule has 1 aliphatic carbocycles. The number of methoxy groups -OCH3 is 1. The van der Waals surface area contributed by atoms with Crippen LogP contribution in [0.5, 0.6) is 0 Å². The van der Waals surface area contributed by atoms with Crippen LogP contribution < -0.4 is 4.90 Å². The van der Waals surface area contributed by atoms with Crippen LogP contribution in [0.1, 0.15) is 89.5 Å². The van der Waals surface area contributed by atoms with Gasteiger partial charge in [-0.2, -0.15) is 4.58 Å². The molecule has 10 nitrogen and oxygen atoms in total. The predicted molar refractivity (Wildman–Crippen MR) is 251 cm³/mol. The number of fused-ring (bicyclic) bond motifs is 10. The summed E-state index contributed by atoms with van der Waals surface area (Å²) in [6.45, 7) is 19.2. The standard InChI is InChI=1S/C29H27NO4.C25H34NO4/c1-4-33-26(32)16-29(3)27-21-9-5-17(2)13-18(21)7-10-23(27)30-12-11-24-22(28(29)30)14-19-6-8-20(31)15-25(19)34-24;1-7-29-22(27)16-25(5)18(4)26(14-13-23(28-6)30-8-2)21-12-10-19-15-17(3)9-11-20(19)24(21)25/h5-10,13-15,24H,4,11-12,16H2,1-3H3;9-12,15,23H,7-8,13-14,16H2,1-6H3/q;+1. The van der Waals surface area contributed by atoms with Gasteiger partial charge in [-0.05, 0) is 106 Å². The molecular weight excluding hydrogens is 805 g/mol. The first-order valence-electron chi connectivity index (χ1n) is 22.7. The van der Waals surface area contributed by atoms with Crippen molar-refractivity contribution in [1.82, 2.24) is 0 Å². The van der Waals surface area contributed by atoms with Gasteiger partial charge in [0.2, 0.25) is 5.69 Å². The van der Waals surface area contributed by atoms with Gasteiger partial charge in [-0.15, -0.1) is 0 Å². The highest BCUT2D eigenvalue weighted by atomic mass is 16.7. The Morgan fingerprint density at radius 2 is 1.45 bits per heavy atom. The van der Waals surface area contributed by atoms with Crippen molar-refractivity contribution in [3.63, 3.8) is 0 Å². The van der Waals surface area contributed by atoms with E-state index in [0.717, 1.165) is 59.9 Å². The first-order valence-corrected chi connectivity index (χ1v) is 22.7. The topological polar surface area (TPSA) is 104 Å². The summed E-state index contributed by atoms with van der Waals surface area (Å²) in [4.78, 5) is 39.8. The fraction of sp³-hybridized carbons (Fsp3) is 0.407. The Hall–Kier alpha value is -5.84. The summed E-state index contributed by atoms with van der Waals surface area (Å²) in [6, 6.07) is 21.8. The second-order valence-corrected chi connectivity index (χ2v) is 17.8. The van der Waals surface area contributed by atoms with E-state index in [1.807, 2.05) is 26.8 Å². The number of hydrogen-bond acceptors (Lipinski definition) is 9. The molecule has 4 aromatic carbocycles. The molecule has 0 fully saturated rings. The van der Waals surface area contributed by atoms with Crippen LogP contribution in [0.2, 0.25) is 0 Å². The summed E-state index contributed by atoms with van der Waals surface area (Å²) in [5, 5.41) is 4.73. The van der Waals surface area contributed by atoms with Gasteiger partial charge in [-0.3, -0.25) is 14.4 Å². The number of ketones is 1. The number of nitrogens with zero attached hydrogens (tertiary/aromatic N) is 2. The summed E-state index contributed by atoms with van der Waals surface area (Å²) in [5.74, 6) is 0.215. The molecule has 0 aromatic heterocycles. The molecule has 5 aliphatic rings. The molecule has 0 saturated carbocycles. The number of anilines is 1. The minimum atomic E-state index is -0.569. The highest BCUT2D eigenvalue weighted by Gasteiger charge is 2.52. The van der Waals surface area contributed by atoms with Gasteiger partial charge in [-0.25, -0.2) is 0 Å². The highest BCUT2D eigenvalue weighted by Crippen LogP contribution is 2.57. The minimum Gasteiger partial charge on any atom is -0.485 e. The van der Waals surface area contributed by atoms with Crippen molar-refractivity contribution in [2.45, 2.75) is 104 Å². The number of allylic oxidation sites excluding steroid dienone is 4. The third kappa shape index (κ3) is 8.00. The summed E-state index contributed by atoms with van der Waals surface area (Å²) in [6.07, 6.45) is 8.83. The van der Waals surface area contributed by atoms with Gasteiger partial charge < -0.3 is 28.6 Å². The number of ether oxygens (including phenoxy) is 5. The predicted octanol–water partition coefficient (Wildman–Crippen LogP) is 10.1. The average Bonchev–Trinajstić information content (AvgIpc) is 3.64. The van der Waals surface area contributed by atoms with E-state index in [-0.39, 0.29) is 36.5 Å². The van der Waals surface area contributed by atoms with E-state index >= 15 is 0 Å². The Balaban J connectivity index is 0.000000177. The molecule has 10 heteroatoms. The number of benzene rings is 4. The van der Waals surface area contributed by atoms with E-state index in [2.05, 4.69) is 111 Å². The van der Waals surface area contributed by atoms with Crippen LogP contribution in [0.15, 0.2) is 108 Å². The number of aryl methyl sites for hydroxylation is 2. The number of rotatable bonds is 12. The Morgan fingerprint density at radius 3 is 2.09 bits per heavy atom. The van der Waals surface area contributed by atoms with Crippen LogP contribution in [0.25, 0.3) is 21.5 Å². The Labute approximate surface area is 376 Å². The van der Waals surface area contributed by atoms with Crippen molar-refractivity contribution in [3.05, 3.63) is 130 Å². The zero-order valence-electron chi connectivity index (χ0n) is 38.8. The third-order valence-corrected chi connectivity index (χ3v) is 13.6. The zero-order chi connectivity index (χ0) is 45.5. The number of esters is 2. The molecule has 4 aliphatic heterocycles. The van der Waals surface area contributed by atoms with Crippen LogP contribution in [-0.4, -0.2) is 80.4 Å². The molecular formula is C54H61N2O8+. The lowest BCUT2D eigenvalue weighted by molar-refractivity contribution is -0.444. The van der Waals surface area contributed by atoms with Gasteiger partial charge in [0.15, 0.2) is 24.3 Å². The zero-order valence-corrected chi connectivity index (χ0v) is 38.8. The molecule has 0 bridgehead atoms. The SMILES string of the molecule is CCOC(=O)CC1(C)C(C)=[N+](CCC(OC)OCC)c2ccc3cc(C)ccc3c21.CCOC(=O)CC1(C)C2=C3C=C4C=CC(=O)C=C4OC3CCN2c2ccc3cc(C)ccc3c21. The van der Waals surface area contributed by atoms with Crippen molar-refractivity contribution in [3.8, 4) is 0 Å². The molecule has 4 aromatic rings. The average molecular weight is 866 g/mol. The first-order chi connectivity index (χ1) is 30.7. The van der Waals surface area contributed by atoms with Crippen LogP contribution in [0.3, 0.4) is 0 Å². The molecule has 0 spiro atoms. The fourth-order valence-electron chi connectivity index (χ4n) is 10.7. The van der Waals surface area contributed by atoms with Crippen molar-refractivity contribution in [2.75, 3.05) is 44.9 Å². The van der Waals surface area contributed by atoms with E-state index < -0.39 is 10.8 Å². The molecule has 4 heterocycles. The number of carbonyl (C=O) groups is 3. The van der Waals surface area contributed by atoms with Crippen molar-refractivity contribution in [2.24, 2.45) is 0 Å². The second-order valence-electron chi connectivity index (χ2n) is 17.8. The summed E-state index contributed by atoms with van der Waals surface area (Å²) >= 11 is 0. The third-order valence-electron chi connectivity index (χ3n) is 13.6. The Morgan fingerprint density at radius 1 is 0.812 bits per heavy atom. The molecule has 9 rings (SSSR count). The summed E-state index contributed by atoms with van der Waals surface area (Å²) < 4.78 is 30.6. The lowest BCUT2D eigenvalue weighted by Gasteiger charge is -2.41. The summed E-state index contributed by atoms with van der Waals surface area (Å²) in [5.41, 5.74) is 10.4. The highest BCUT2D eigenvalue weighted by molar-refractivity contribution is 6.04. The smallest absolute Gasteiger partial charge is 0.307 e. The quantitative estimate of drug-likeness (QED) is 0.0782. The lowest BCUT2D eigenvalue weighted by Crippen LogP contribution is -2.41. The van der Waals surface area contributed by atoms with Crippen LogP contribution in [0, 0.1) is 13.8 Å². The van der Waals surface area contributed by atoms with Gasteiger partial charge in [0.25, 0.3) is 0 Å². The first kappa shape index (κ1) is 44.8. The molecule has 0 saturated heterocycles. The molecule has 0 radical (unpaired) electrons. The van der Waals surface area contributed by atoms with Gasteiger partial charge in [0.05, 0.1) is 37.9 Å². The fourth-order valence-corrected chi connectivity index (χ4v) is 10.7. The van der Waals surface area contributed by atoms with Crippen molar-refractivity contribution >= 4 is 56.4 Å². The second kappa shape index (κ2) is 18.0. The molecule has 0 N–H and O–H groups in total. The minimum absolute atomic E-state index is 0.0529. The normalized spacial score (nSPS) is 22.1. The van der Waals surface area contributed by atoms with Gasteiger partial charge in [0.1, 0.15) is 11.9 Å². The largest absolute Gasteiger partial charge is 0.485 e. The molecule has 4 unspecified atom stereocenters. The number of carbonyl (C=O) groups excluding carboxylic acids is 3. The molecule has 4 atom stereocenters. The van der Waals surface area contributed by atoms with Crippen LogP contribution >= 0.6 is 0 Å². The van der Waals surface area contributed by atoms with E-state index in [1.54, 1.807) is 19.3 Å². The Bertz CT molecular complexity index is 2720. The lowest BCUT2D eigenvalue weighted by atomic mass is 9.73. The van der Waals surface area contributed by atoms with E-state index in [1.165, 1.54) is 43.8 Å². The van der Waals surface area contributed by atoms with Crippen molar-refractivity contribution in [1.29, 1.82) is 0 Å². The maximum Gasteiger partial charge on any atom is 0.307 e. The number of hydrogen-bond donors (Lipinski definition) is 0. The van der Waals surface area contributed by atoms with Gasteiger partial charge in [-0.1, -0.05) is 53.6 Å². The van der Waals surface area contributed by atoms with Crippen LogP contribution in [0.4, 0.5) is 11.4 Å². The van der Waals surface area contributed by atoms with Crippen LogP contribution in [-0.2, 0) is 48.9 Å². The maximum atomic E-state index is 12.9. The van der Waals surface area contributed by atoms with E-state index in [0.29, 0.717) is 32.0 Å². The molecule has 64 heavy (non-hydrogen) atoms. The van der Waals surface area contributed by atoms with E-state index in [9.17, 15) is 14.4 Å². The monoisotopic (exact) mass is 865 g/mol. The maximum absolute atomic E-state index is 12.9. The van der Waals surface area contributed by atoms with Crippen molar-refractivity contribution < 1.29 is 42.6 Å². The van der Waals surface area contributed by atoms with E-state index in [4.69, 9.17) is 23.7 Å². The summed E-state index contributed by atoms with van der Waals surface area (Å²) in [7, 11) is 1.68.